The standard InChI is InChI=1S/C11H14N4O2/c1-7(10(12)16)5-8-3-4-9(17-2)11-13-6-14-15(8)11/h3-4,6-7H,5H2,1-2H3,(H2,12,16). The Morgan fingerprint density at radius 3 is 3.00 bits per heavy atom. The van der Waals surface area contributed by atoms with Crippen LogP contribution in [0.4, 0.5) is 0 Å². The van der Waals surface area contributed by atoms with Gasteiger partial charge in [0.15, 0.2) is 11.4 Å². The number of methoxy groups -OCH3 is 1. The second-order valence-electron chi connectivity index (χ2n) is 3.90. The first-order valence-corrected chi connectivity index (χ1v) is 5.28. The minimum absolute atomic E-state index is 0.240. The van der Waals surface area contributed by atoms with E-state index in [1.807, 2.05) is 12.1 Å². The Bertz CT molecular complexity index is 549. The molecule has 6 heteroatoms. The van der Waals surface area contributed by atoms with Gasteiger partial charge in [-0.25, -0.2) is 9.50 Å². The molecule has 0 radical (unpaired) electrons. The number of pyridine rings is 1. The third kappa shape index (κ3) is 2.06. The molecule has 2 heterocycles. The second-order valence-corrected chi connectivity index (χ2v) is 3.90. The number of amides is 1. The van der Waals surface area contributed by atoms with E-state index in [9.17, 15) is 4.79 Å². The van der Waals surface area contributed by atoms with E-state index < -0.39 is 0 Å². The molecule has 0 saturated heterocycles. The molecule has 0 aliphatic rings. The molecule has 2 aromatic heterocycles. The van der Waals surface area contributed by atoms with Crippen LogP contribution in [0.25, 0.3) is 5.65 Å². The highest BCUT2D eigenvalue weighted by molar-refractivity contribution is 5.76. The van der Waals surface area contributed by atoms with Crippen LogP contribution < -0.4 is 10.5 Å². The number of carbonyl (C=O) groups is 1. The van der Waals surface area contributed by atoms with E-state index in [0.29, 0.717) is 17.8 Å². The fourth-order valence-corrected chi connectivity index (χ4v) is 1.66. The number of hydrogen-bond acceptors (Lipinski definition) is 4. The number of ether oxygens (including phenoxy) is 1. The van der Waals surface area contributed by atoms with E-state index in [-0.39, 0.29) is 11.8 Å². The number of aromatic nitrogens is 3. The van der Waals surface area contributed by atoms with Gasteiger partial charge in [-0.15, -0.1) is 0 Å². The monoisotopic (exact) mass is 234 g/mol. The van der Waals surface area contributed by atoms with Crippen molar-refractivity contribution in [3.8, 4) is 5.75 Å². The Morgan fingerprint density at radius 2 is 2.35 bits per heavy atom. The average molecular weight is 234 g/mol. The number of fused-ring (bicyclic) bond motifs is 1. The van der Waals surface area contributed by atoms with Crippen molar-refractivity contribution in [2.45, 2.75) is 13.3 Å². The Hall–Kier alpha value is -2.11. The zero-order valence-electron chi connectivity index (χ0n) is 9.75. The summed E-state index contributed by atoms with van der Waals surface area (Å²) < 4.78 is 6.84. The molecule has 2 aromatic rings. The van der Waals surface area contributed by atoms with E-state index >= 15 is 0 Å². The first-order valence-electron chi connectivity index (χ1n) is 5.28. The zero-order valence-corrected chi connectivity index (χ0v) is 9.75. The first-order chi connectivity index (χ1) is 8.13. The SMILES string of the molecule is COc1ccc(CC(C)C(N)=O)n2ncnc12. The molecule has 0 aromatic carbocycles. The Labute approximate surface area is 98.4 Å². The summed E-state index contributed by atoms with van der Waals surface area (Å²) in [5, 5.41) is 4.11. The molecule has 0 spiro atoms. The van der Waals surface area contributed by atoms with E-state index in [2.05, 4.69) is 10.1 Å². The summed E-state index contributed by atoms with van der Waals surface area (Å²) in [6.45, 7) is 1.79. The molecule has 1 unspecified atom stereocenters. The van der Waals surface area contributed by atoms with Gasteiger partial charge in [0.1, 0.15) is 6.33 Å². The lowest BCUT2D eigenvalue weighted by atomic mass is 10.0. The molecule has 0 saturated carbocycles. The van der Waals surface area contributed by atoms with Crippen LogP contribution in [0.1, 0.15) is 12.6 Å². The average Bonchev–Trinajstić information content (AvgIpc) is 2.78. The van der Waals surface area contributed by atoms with Gasteiger partial charge in [-0.1, -0.05) is 6.92 Å². The smallest absolute Gasteiger partial charge is 0.220 e. The highest BCUT2D eigenvalue weighted by atomic mass is 16.5. The molecule has 2 N–H and O–H groups in total. The van der Waals surface area contributed by atoms with Gasteiger partial charge in [0, 0.05) is 18.0 Å². The first kappa shape index (κ1) is 11.4. The maximum Gasteiger partial charge on any atom is 0.220 e. The van der Waals surface area contributed by atoms with Gasteiger partial charge in [0.2, 0.25) is 5.91 Å². The zero-order chi connectivity index (χ0) is 12.4. The van der Waals surface area contributed by atoms with Crippen LogP contribution in [-0.2, 0) is 11.2 Å². The predicted molar refractivity (Wildman–Crippen MR) is 61.6 cm³/mol. The molecule has 0 bridgehead atoms. The van der Waals surface area contributed by atoms with Crippen LogP contribution in [0, 0.1) is 5.92 Å². The Kier molecular flexibility index (Phi) is 2.95. The van der Waals surface area contributed by atoms with Crippen molar-refractivity contribution in [2.75, 3.05) is 7.11 Å². The van der Waals surface area contributed by atoms with Crippen LogP contribution in [0.2, 0.25) is 0 Å². The molecule has 1 atom stereocenters. The quantitative estimate of drug-likeness (QED) is 0.830. The number of nitrogens with zero attached hydrogens (tertiary/aromatic N) is 3. The largest absolute Gasteiger partial charge is 0.493 e. The van der Waals surface area contributed by atoms with Gasteiger partial charge >= 0.3 is 0 Å². The Morgan fingerprint density at radius 1 is 1.59 bits per heavy atom. The minimum Gasteiger partial charge on any atom is -0.493 e. The number of hydrogen-bond donors (Lipinski definition) is 1. The molecule has 17 heavy (non-hydrogen) atoms. The van der Waals surface area contributed by atoms with E-state index in [1.54, 1.807) is 18.5 Å². The van der Waals surface area contributed by atoms with Gasteiger partial charge < -0.3 is 10.5 Å². The van der Waals surface area contributed by atoms with Gasteiger partial charge in [-0.3, -0.25) is 4.79 Å². The van der Waals surface area contributed by atoms with Crippen molar-refractivity contribution >= 4 is 11.6 Å². The van der Waals surface area contributed by atoms with Crippen LogP contribution in [0.5, 0.6) is 5.75 Å². The summed E-state index contributed by atoms with van der Waals surface area (Å²) in [7, 11) is 1.58. The maximum absolute atomic E-state index is 11.1. The lowest BCUT2D eigenvalue weighted by Gasteiger charge is -2.10. The summed E-state index contributed by atoms with van der Waals surface area (Å²) in [5.74, 6) is 0.0860. The van der Waals surface area contributed by atoms with Gasteiger partial charge in [0.05, 0.1) is 7.11 Å². The summed E-state index contributed by atoms with van der Waals surface area (Å²) in [6.07, 6.45) is 1.98. The molecule has 90 valence electrons. The van der Waals surface area contributed by atoms with E-state index in [4.69, 9.17) is 10.5 Å². The maximum atomic E-state index is 11.1. The fourth-order valence-electron chi connectivity index (χ4n) is 1.66. The second kappa shape index (κ2) is 4.40. The molecule has 2 rings (SSSR count). The Balaban J connectivity index is 2.42. The van der Waals surface area contributed by atoms with Crippen molar-refractivity contribution in [1.29, 1.82) is 0 Å². The molecule has 6 nitrogen and oxygen atoms in total. The predicted octanol–water partition coefficient (Wildman–Crippen LogP) is 0.402. The molecule has 1 amide bonds. The third-order valence-corrected chi connectivity index (χ3v) is 2.69. The van der Waals surface area contributed by atoms with Crippen LogP contribution >= 0.6 is 0 Å². The lowest BCUT2D eigenvalue weighted by Crippen LogP contribution is -2.23. The van der Waals surface area contributed by atoms with Crippen molar-refractivity contribution in [2.24, 2.45) is 11.7 Å². The normalized spacial score (nSPS) is 12.6. The molecular formula is C11H14N4O2. The van der Waals surface area contributed by atoms with Crippen molar-refractivity contribution in [3.63, 3.8) is 0 Å². The van der Waals surface area contributed by atoms with Gasteiger partial charge in [-0.05, 0) is 12.1 Å². The highest BCUT2D eigenvalue weighted by Gasteiger charge is 2.14. The van der Waals surface area contributed by atoms with Crippen molar-refractivity contribution in [1.82, 2.24) is 14.6 Å². The molecule has 0 aliphatic carbocycles. The third-order valence-electron chi connectivity index (χ3n) is 2.69. The number of carbonyl (C=O) groups excluding carboxylic acids is 1. The fraction of sp³-hybridized carbons (Fsp3) is 0.364. The van der Waals surface area contributed by atoms with Crippen LogP contribution in [0.3, 0.4) is 0 Å². The topological polar surface area (TPSA) is 82.5 Å². The number of rotatable bonds is 4. The minimum atomic E-state index is -0.325. The van der Waals surface area contributed by atoms with Crippen molar-refractivity contribution in [3.05, 3.63) is 24.2 Å². The van der Waals surface area contributed by atoms with Gasteiger partial charge in [-0.2, -0.15) is 5.10 Å². The van der Waals surface area contributed by atoms with Gasteiger partial charge in [0.25, 0.3) is 0 Å². The lowest BCUT2D eigenvalue weighted by molar-refractivity contribution is -0.121. The number of primary amides is 1. The molecular weight excluding hydrogens is 220 g/mol. The van der Waals surface area contributed by atoms with Crippen molar-refractivity contribution < 1.29 is 9.53 Å². The highest BCUT2D eigenvalue weighted by Crippen LogP contribution is 2.19. The van der Waals surface area contributed by atoms with E-state index in [0.717, 1.165) is 5.69 Å². The summed E-state index contributed by atoms with van der Waals surface area (Å²) in [6, 6.07) is 3.67. The number of nitrogens with two attached hydrogens (primary N) is 1. The summed E-state index contributed by atoms with van der Waals surface area (Å²) in [4.78, 5) is 15.2. The summed E-state index contributed by atoms with van der Waals surface area (Å²) >= 11 is 0. The van der Waals surface area contributed by atoms with Crippen LogP contribution in [-0.4, -0.2) is 27.6 Å². The van der Waals surface area contributed by atoms with Crippen LogP contribution in [0.15, 0.2) is 18.5 Å². The molecule has 0 fully saturated rings. The molecule has 0 aliphatic heterocycles. The summed E-state index contributed by atoms with van der Waals surface area (Å²) in [5.41, 5.74) is 6.77. The van der Waals surface area contributed by atoms with E-state index in [1.165, 1.54) is 6.33 Å².